The summed E-state index contributed by atoms with van der Waals surface area (Å²) in [7, 11) is 0. The Hall–Kier alpha value is -1.62. The van der Waals surface area contributed by atoms with Gasteiger partial charge in [-0.2, -0.15) is 0 Å². The minimum Gasteiger partial charge on any atom is -0.399 e. The molecule has 1 fully saturated rings. The van der Waals surface area contributed by atoms with Crippen LogP contribution in [0.15, 0.2) is 18.2 Å². The zero-order valence-corrected chi connectivity index (χ0v) is 11.7. The van der Waals surface area contributed by atoms with Crippen LogP contribution >= 0.6 is 0 Å². The molecule has 0 bridgehead atoms. The smallest absolute Gasteiger partial charge is 0.250 e. The SMILES string of the molecule is CC1CCC(OCC(=O)Nc2cc(N)ccc2F)CC1. The number of anilines is 2. The zero-order chi connectivity index (χ0) is 14.5. The van der Waals surface area contributed by atoms with Gasteiger partial charge in [-0.3, -0.25) is 4.79 Å². The number of nitrogens with two attached hydrogens (primary N) is 1. The Morgan fingerprint density at radius 3 is 2.80 bits per heavy atom. The van der Waals surface area contributed by atoms with Crippen LogP contribution in [0.5, 0.6) is 0 Å². The van der Waals surface area contributed by atoms with Crippen molar-refractivity contribution >= 4 is 17.3 Å². The van der Waals surface area contributed by atoms with Crippen LogP contribution in [-0.2, 0) is 9.53 Å². The third-order valence-electron chi connectivity index (χ3n) is 3.68. The first kappa shape index (κ1) is 14.8. The van der Waals surface area contributed by atoms with Crippen LogP contribution in [-0.4, -0.2) is 18.6 Å². The Balaban J connectivity index is 1.79. The molecule has 0 aliphatic heterocycles. The highest BCUT2D eigenvalue weighted by atomic mass is 19.1. The van der Waals surface area contributed by atoms with Gasteiger partial charge in [0.25, 0.3) is 0 Å². The molecular weight excluding hydrogens is 259 g/mol. The number of nitrogen functional groups attached to an aromatic ring is 1. The predicted octanol–water partition coefficient (Wildman–Crippen LogP) is 2.94. The van der Waals surface area contributed by atoms with Crippen LogP contribution in [0.1, 0.15) is 32.6 Å². The van der Waals surface area contributed by atoms with E-state index in [0.29, 0.717) is 5.69 Å². The van der Waals surface area contributed by atoms with Gasteiger partial charge in [-0.25, -0.2) is 4.39 Å². The molecule has 1 aromatic rings. The van der Waals surface area contributed by atoms with Gasteiger partial charge in [-0.05, 0) is 49.8 Å². The first-order valence-corrected chi connectivity index (χ1v) is 7.01. The van der Waals surface area contributed by atoms with Crippen molar-refractivity contribution < 1.29 is 13.9 Å². The van der Waals surface area contributed by atoms with Crippen molar-refractivity contribution in [2.45, 2.75) is 38.7 Å². The molecule has 110 valence electrons. The number of hydrogen-bond acceptors (Lipinski definition) is 3. The third kappa shape index (κ3) is 4.20. The van der Waals surface area contributed by atoms with E-state index in [1.165, 1.54) is 18.2 Å². The molecular formula is C15H21FN2O2. The summed E-state index contributed by atoms with van der Waals surface area (Å²) in [5.41, 5.74) is 6.06. The molecule has 0 atom stereocenters. The molecule has 1 amide bonds. The normalized spacial score (nSPS) is 22.5. The zero-order valence-electron chi connectivity index (χ0n) is 11.7. The highest BCUT2D eigenvalue weighted by Crippen LogP contribution is 2.25. The average molecular weight is 280 g/mol. The lowest BCUT2D eigenvalue weighted by Gasteiger charge is -2.26. The molecule has 2 rings (SSSR count). The quantitative estimate of drug-likeness (QED) is 0.833. The summed E-state index contributed by atoms with van der Waals surface area (Å²) in [5, 5.41) is 2.48. The third-order valence-corrected chi connectivity index (χ3v) is 3.68. The molecule has 1 aliphatic rings. The fraction of sp³-hybridized carbons (Fsp3) is 0.533. The minimum atomic E-state index is -0.501. The van der Waals surface area contributed by atoms with Crippen molar-refractivity contribution in [3.05, 3.63) is 24.0 Å². The lowest BCUT2D eigenvalue weighted by atomic mass is 9.89. The van der Waals surface area contributed by atoms with Crippen LogP contribution in [0, 0.1) is 11.7 Å². The maximum atomic E-state index is 13.5. The van der Waals surface area contributed by atoms with E-state index < -0.39 is 5.82 Å². The minimum absolute atomic E-state index is 0.0483. The van der Waals surface area contributed by atoms with Crippen molar-refractivity contribution in [3.8, 4) is 0 Å². The number of hydrogen-bond donors (Lipinski definition) is 2. The highest BCUT2D eigenvalue weighted by molar-refractivity contribution is 5.92. The molecule has 0 aromatic heterocycles. The maximum absolute atomic E-state index is 13.5. The molecule has 0 radical (unpaired) electrons. The summed E-state index contributed by atoms with van der Waals surface area (Å²) in [6.07, 6.45) is 4.39. The first-order valence-electron chi connectivity index (χ1n) is 7.01. The van der Waals surface area contributed by atoms with Gasteiger partial charge in [0.2, 0.25) is 5.91 Å². The second kappa shape index (κ2) is 6.70. The second-order valence-corrected chi connectivity index (χ2v) is 5.48. The van der Waals surface area contributed by atoms with Crippen molar-refractivity contribution in [1.82, 2.24) is 0 Å². The lowest BCUT2D eigenvalue weighted by molar-refractivity contribution is -0.123. The van der Waals surface area contributed by atoms with E-state index >= 15 is 0 Å². The van der Waals surface area contributed by atoms with Gasteiger partial charge in [0.15, 0.2) is 0 Å². The van der Waals surface area contributed by atoms with Crippen LogP contribution < -0.4 is 11.1 Å². The molecule has 3 N–H and O–H groups in total. The Bertz CT molecular complexity index is 471. The molecule has 0 heterocycles. The number of benzene rings is 1. The Labute approximate surface area is 118 Å². The van der Waals surface area contributed by atoms with Crippen molar-refractivity contribution in [1.29, 1.82) is 0 Å². The van der Waals surface area contributed by atoms with Crippen molar-refractivity contribution in [3.63, 3.8) is 0 Å². The standard InChI is InChI=1S/C15H21FN2O2/c1-10-2-5-12(6-3-10)20-9-15(19)18-14-8-11(17)4-7-13(14)16/h4,7-8,10,12H,2-3,5-6,9,17H2,1H3,(H,18,19). The average Bonchev–Trinajstić information content (AvgIpc) is 2.42. The Morgan fingerprint density at radius 1 is 1.40 bits per heavy atom. The molecule has 1 saturated carbocycles. The van der Waals surface area contributed by atoms with Crippen molar-refractivity contribution in [2.75, 3.05) is 17.7 Å². The summed E-state index contributed by atoms with van der Waals surface area (Å²) in [6.45, 7) is 2.18. The van der Waals surface area contributed by atoms with E-state index in [9.17, 15) is 9.18 Å². The van der Waals surface area contributed by atoms with Gasteiger partial charge in [-0.1, -0.05) is 6.92 Å². The van der Waals surface area contributed by atoms with Crippen LogP contribution in [0.25, 0.3) is 0 Å². The monoisotopic (exact) mass is 280 g/mol. The lowest BCUT2D eigenvalue weighted by Crippen LogP contribution is -2.26. The Kier molecular flexibility index (Phi) is 4.95. The van der Waals surface area contributed by atoms with Gasteiger partial charge < -0.3 is 15.8 Å². The molecule has 1 aliphatic carbocycles. The second-order valence-electron chi connectivity index (χ2n) is 5.48. The van der Waals surface area contributed by atoms with Crippen LogP contribution in [0.2, 0.25) is 0 Å². The number of carbonyl (C=O) groups excluding carboxylic acids is 1. The van der Waals surface area contributed by atoms with Crippen LogP contribution in [0.4, 0.5) is 15.8 Å². The van der Waals surface area contributed by atoms with Gasteiger partial charge in [0.05, 0.1) is 11.8 Å². The van der Waals surface area contributed by atoms with Gasteiger partial charge in [0, 0.05) is 5.69 Å². The molecule has 20 heavy (non-hydrogen) atoms. The summed E-state index contributed by atoms with van der Waals surface area (Å²) >= 11 is 0. The summed E-state index contributed by atoms with van der Waals surface area (Å²) < 4.78 is 19.0. The summed E-state index contributed by atoms with van der Waals surface area (Å²) in [4.78, 5) is 11.7. The Morgan fingerprint density at radius 2 is 2.10 bits per heavy atom. The summed E-state index contributed by atoms with van der Waals surface area (Å²) in [6, 6.07) is 4.08. The molecule has 1 aromatic carbocycles. The fourth-order valence-corrected chi connectivity index (χ4v) is 2.41. The van der Waals surface area contributed by atoms with Crippen molar-refractivity contribution in [2.24, 2.45) is 5.92 Å². The van der Waals surface area contributed by atoms with E-state index in [1.807, 2.05) is 0 Å². The van der Waals surface area contributed by atoms with E-state index in [1.54, 1.807) is 0 Å². The van der Waals surface area contributed by atoms with Gasteiger partial charge in [-0.15, -0.1) is 0 Å². The van der Waals surface area contributed by atoms with Gasteiger partial charge in [0.1, 0.15) is 12.4 Å². The molecule has 4 nitrogen and oxygen atoms in total. The first-order chi connectivity index (χ1) is 9.54. The number of amides is 1. The van der Waals surface area contributed by atoms with E-state index in [2.05, 4.69) is 12.2 Å². The van der Waals surface area contributed by atoms with Gasteiger partial charge >= 0.3 is 0 Å². The van der Waals surface area contributed by atoms with E-state index in [0.717, 1.165) is 31.6 Å². The predicted molar refractivity (Wildman–Crippen MR) is 76.8 cm³/mol. The fourth-order valence-electron chi connectivity index (χ4n) is 2.41. The number of carbonyl (C=O) groups is 1. The largest absolute Gasteiger partial charge is 0.399 e. The number of ether oxygens (including phenoxy) is 1. The number of rotatable bonds is 4. The number of nitrogens with one attached hydrogen (secondary N) is 1. The molecule has 0 spiro atoms. The van der Waals surface area contributed by atoms with E-state index in [-0.39, 0.29) is 24.3 Å². The molecule has 0 unspecified atom stereocenters. The van der Waals surface area contributed by atoms with Crippen LogP contribution in [0.3, 0.4) is 0 Å². The highest BCUT2D eigenvalue weighted by Gasteiger charge is 2.19. The molecule has 5 heteroatoms. The topological polar surface area (TPSA) is 64.3 Å². The molecule has 0 saturated heterocycles. The number of halogens is 1. The van der Waals surface area contributed by atoms with E-state index in [4.69, 9.17) is 10.5 Å². The maximum Gasteiger partial charge on any atom is 0.250 e. The summed E-state index contributed by atoms with van der Waals surface area (Å²) in [5.74, 6) is -0.114.